The summed E-state index contributed by atoms with van der Waals surface area (Å²) in [4.78, 5) is 18.0. The van der Waals surface area contributed by atoms with E-state index >= 15 is 0 Å². The highest BCUT2D eigenvalue weighted by molar-refractivity contribution is 7.99. The normalized spacial score (nSPS) is 10.2. The lowest BCUT2D eigenvalue weighted by Crippen LogP contribution is -2.24. The lowest BCUT2D eigenvalue weighted by Gasteiger charge is -2.01. The minimum Gasteiger partial charge on any atom is -0.370 e. The zero-order valence-corrected chi connectivity index (χ0v) is 12.6. The fourth-order valence-electron chi connectivity index (χ4n) is 1.69. The van der Waals surface area contributed by atoms with Crippen molar-refractivity contribution in [3.63, 3.8) is 0 Å². The second-order valence-corrected chi connectivity index (χ2v) is 6.39. The van der Waals surface area contributed by atoms with E-state index in [2.05, 4.69) is 24.0 Å². The molecule has 0 radical (unpaired) electrons. The number of nitrogens with zero attached hydrogens (tertiary/aromatic N) is 1. The maximum absolute atomic E-state index is 11.7. The Morgan fingerprint density at radius 3 is 2.80 bits per heavy atom. The van der Waals surface area contributed by atoms with Gasteiger partial charge in [0.05, 0.1) is 4.88 Å². The van der Waals surface area contributed by atoms with Gasteiger partial charge in [-0.3, -0.25) is 4.79 Å². The van der Waals surface area contributed by atoms with Crippen molar-refractivity contribution in [2.75, 3.05) is 5.75 Å². The van der Waals surface area contributed by atoms with Crippen LogP contribution in [-0.2, 0) is 0 Å². The average molecular weight is 305 g/mol. The van der Waals surface area contributed by atoms with Crippen molar-refractivity contribution in [1.29, 1.82) is 0 Å². The lowest BCUT2D eigenvalue weighted by molar-refractivity contribution is 0.101. The highest BCUT2D eigenvalue weighted by Crippen LogP contribution is 2.31. The minimum absolute atomic E-state index is 0.216. The van der Waals surface area contributed by atoms with Crippen LogP contribution in [-0.4, -0.2) is 17.6 Å². The molecular weight excluding hydrogens is 290 g/mol. The van der Waals surface area contributed by atoms with Gasteiger partial charge in [-0.2, -0.15) is 4.99 Å². The molecule has 0 saturated carbocycles. The molecule has 4 N–H and O–H groups in total. The van der Waals surface area contributed by atoms with Gasteiger partial charge in [0.2, 0.25) is 0 Å². The van der Waals surface area contributed by atoms with Gasteiger partial charge in [0.15, 0.2) is 5.96 Å². The Kier molecular flexibility index (Phi) is 4.81. The summed E-state index contributed by atoms with van der Waals surface area (Å²) in [5, 5.41) is 0. The number of aliphatic imine (C=N–C) groups is 1. The molecule has 0 atom stereocenters. The molecule has 20 heavy (non-hydrogen) atoms. The summed E-state index contributed by atoms with van der Waals surface area (Å²) >= 11 is 3.17. The first-order chi connectivity index (χ1) is 9.60. The van der Waals surface area contributed by atoms with Crippen LogP contribution in [0.2, 0.25) is 0 Å². The quantitative estimate of drug-likeness (QED) is 0.517. The third kappa shape index (κ3) is 3.61. The number of thiophene rings is 1. The highest BCUT2D eigenvalue weighted by Gasteiger charge is 2.10. The number of guanidine groups is 1. The van der Waals surface area contributed by atoms with Crippen molar-refractivity contribution in [3.05, 3.63) is 41.3 Å². The van der Waals surface area contributed by atoms with E-state index in [1.807, 2.05) is 18.2 Å². The largest absolute Gasteiger partial charge is 0.370 e. The molecule has 1 aromatic heterocycles. The molecule has 0 fully saturated rings. The molecule has 1 aromatic carbocycles. The third-order valence-electron chi connectivity index (χ3n) is 2.48. The van der Waals surface area contributed by atoms with Crippen LogP contribution < -0.4 is 11.5 Å². The molecule has 0 aliphatic rings. The maximum atomic E-state index is 11.7. The van der Waals surface area contributed by atoms with E-state index in [1.54, 1.807) is 17.8 Å². The monoisotopic (exact) mass is 305 g/mol. The first-order valence-electron chi connectivity index (χ1n) is 6.07. The zero-order valence-electron chi connectivity index (χ0n) is 11.0. The predicted octanol–water partition coefficient (Wildman–Crippen LogP) is 2.94. The number of amides is 1. The molecule has 4 nitrogen and oxygen atoms in total. The van der Waals surface area contributed by atoms with Crippen molar-refractivity contribution in [3.8, 4) is 10.4 Å². The van der Waals surface area contributed by atoms with Gasteiger partial charge in [0, 0.05) is 9.77 Å². The summed E-state index contributed by atoms with van der Waals surface area (Å²) in [7, 11) is 0. The first kappa shape index (κ1) is 14.6. The molecule has 2 rings (SSSR count). The molecule has 6 heteroatoms. The zero-order chi connectivity index (χ0) is 14.5. The van der Waals surface area contributed by atoms with Gasteiger partial charge in [0.1, 0.15) is 0 Å². The van der Waals surface area contributed by atoms with E-state index in [0.29, 0.717) is 4.88 Å². The predicted molar refractivity (Wildman–Crippen MR) is 86.3 cm³/mol. The number of thioether (sulfide) groups is 1. The topological polar surface area (TPSA) is 81.5 Å². The Morgan fingerprint density at radius 1 is 1.30 bits per heavy atom. The van der Waals surface area contributed by atoms with Crippen LogP contribution in [0.25, 0.3) is 10.4 Å². The number of nitrogens with two attached hydrogens (primary N) is 2. The second-order valence-electron chi connectivity index (χ2n) is 3.97. The van der Waals surface area contributed by atoms with E-state index in [9.17, 15) is 4.79 Å². The van der Waals surface area contributed by atoms with E-state index in [1.165, 1.54) is 16.2 Å². The van der Waals surface area contributed by atoms with Crippen molar-refractivity contribution in [2.45, 2.75) is 11.8 Å². The summed E-state index contributed by atoms with van der Waals surface area (Å²) < 4.78 is 0. The Labute approximate surface area is 125 Å². The van der Waals surface area contributed by atoms with Crippen LogP contribution >= 0.6 is 23.1 Å². The van der Waals surface area contributed by atoms with E-state index in [0.717, 1.165) is 16.2 Å². The van der Waals surface area contributed by atoms with Crippen LogP contribution in [0.4, 0.5) is 0 Å². The van der Waals surface area contributed by atoms with Crippen LogP contribution in [0.15, 0.2) is 46.3 Å². The summed E-state index contributed by atoms with van der Waals surface area (Å²) in [6.07, 6.45) is 0. The van der Waals surface area contributed by atoms with Crippen LogP contribution in [0, 0.1) is 0 Å². The van der Waals surface area contributed by atoms with Gasteiger partial charge >= 0.3 is 0 Å². The SMILES string of the molecule is CCSc1cccc(-c2ccc(C(=O)N=C(N)N)s2)c1. The van der Waals surface area contributed by atoms with E-state index < -0.39 is 5.91 Å². The molecule has 0 aliphatic heterocycles. The number of carbonyl (C=O) groups is 1. The first-order valence-corrected chi connectivity index (χ1v) is 7.87. The van der Waals surface area contributed by atoms with Crippen molar-refractivity contribution < 1.29 is 4.79 Å². The Bertz CT molecular complexity index is 645. The number of carbonyl (C=O) groups excluding carboxylic acids is 1. The van der Waals surface area contributed by atoms with Crippen LogP contribution in [0.1, 0.15) is 16.6 Å². The number of rotatable bonds is 4. The van der Waals surface area contributed by atoms with Crippen molar-refractivity contribution in [2.24, 2.45) is 16.5 Å². The number of benzene rings is 1. The van der Waals surface area contributed by atoms with Crippen LogP contribution in [0.3, 0.4) is 0 Å². The second kappa shape index (κ2) is 6.58. The lowest BCUT2D eigenvalue weighted by atomic mass is 10.2. The molecule has 0 aliphatic carbocycles. The summed E-state index contributed by atoms with van der Waals surface area (Å²) in [5.74, 6) is 0.411. The smallest absolute Gasteiger partial charge is 0.290 e. The van der Waals surface area contributed by atoms with Gasteiger partial charge < -0.3 is 11.5 Å². The molecule has 1 amide bonds. The molecule has 0 bridgehead atoms. The molecule has 0 saturated heterocycles. The Balaban J connectivity index is 2.26. The molecular formula is C14H15N3OS2. The fourth-order valence-corrected chi connectivity index (χ4v) is 3.29. The van der Waals surface area contributed by atoms with Crippen molar-refractivity contribution in [1.82, 2.24) is 0 Å². The number of hydrogen-bond donors (Lipinski definition) is 2. The molecule has 104 valence electrons. The molecule has 0 spiro atoms. The van der Waals surface area contributed by atoms with E-state index in [-0.39, 0.29) is 5.96 Å². The highest BCUT2D eigenvalue weighted by atomic mass is 32.2. The van der Waals surface area contributed by atoms with Gasteiger partial charge in [-0.25, -0.2) is 0 Å². The standard InChI is InChI=1S/C14H15N3OS2/c1-2-19-10-5-3-4-9(8-10)11-6-7-12(20-11)13(18)17-14(15)16/h3-8H,2H2,1H3,(H4,15,16,17,18). The molecule has 2 aromatic rings. The van der Waals surface area contributed by atoms with Gasteiger partial charge in [-0.15, -0.1) is 23.1 Å². The summed E-state index contributed by atoms with van der Waals surface area (Å²) in [6, 6.07) is 11.9. The van der Waals surface area contributed by atoms with Gasteiger partial charge in [0.25, 0.3) is 5.91 Å². The van der Waals surface area contributed by atoms with Crippen molar-refractivity contribution >= 4 is 35.0 Å². The van der Waals surface area contributed by atoms with E-state index in [4.69, 9.17) is 11.5 Å². The van der Waals surface area contributed by atoms with Gasteiger partial charge in [-0.1, -0.05) is 19.1 Å². The Hall–Kier alpha value is -1.79. The Morgan fingerprint density at radius 2 is 2.10 bits per heavy atom. The maximum Gasteiger partial charge on any atom is 0.290 e. The molecule has 0 unspecified atom stereocenters. The van der Waals surface area contributed by atoms with Gasteiger partial charge in [-0.05, 0) is 35.6 Å². The summed E-state index contributed by atoms with van der Waals surface area (Å²) in [5.41, 5.74) is 11.5. The molecule has 1 heterocycles. The number of hydrogen-bond acceptors (Lipinski definition) is 3. The minimum atomic E-state index is -0.402. The fraction of sp³-hybridized carbons (Fsp3) is 0.143. The summed E-state index contributed by atoms with van der Waals surface area (Å²) in [6.45, 7) is 2.12. The average Bonchev–Trinajstić information content (AvgIpc) is 2.88. The third-order valence-corrected chi connectivity index (χ3v) is 4.48. The van der Waals surface area contributed by atoms with Crippen LogP contribution in [0.5, 0.6) is 0 Å².